The van der Waals surface area contributed by atoms with Crippen LogP contribution in [0.5, 0.6) is 5.75 Å². The summed E-state index contributed by atoms with van der Waals surface area (Å²) in [4.78, 5) is 2.40. The van der Waals surface area contributed by atoms with Crippen LogP contribution in [0.1, 0.15) is 33.1 Å². The number of nitrogens with two attached hydrogens (primary N) is 1. The second kappa shape index (κ2) is 7.98. The van der Waals surface area contributed by atoms with Crippen LogP contribution in [0.25, 0.3) is 0 Å². The van der Waals surface area contributed by atoms with Gasteiger partial charge in [0.1, 0.15) is 5.75 Å². The molecule has 1 aromatic rings. The van der Waals surface area contributed by atoms with Gasteiger partial charge in [0.15, 0.2) is 0 Å². The standard InChI is InChI=1S/C15H26N2O/c1-4-7-13(2)17(3)10-6-11-18-15-9-5-8-14(16)12-15/h5,8-9,12-13H,4,6-7,10-11,16H2,1-3H3. The largest absolute Gasteiger partial charge is 0.493 e. The van der Waals surface area contributed by atoms with E-state index in [-0.39, 0.29) is 0 Å². The van der Waals surface area contributed by atoms with Gasteiger partial charge < -0.3 is 15.4 Å². The van der Waals surface area contributed by atoms with Gasteiger partial charge in [0.05, 0.1) is 6.61 Å². The van der Waals surface area contributed by atoms with Gasteiger partial charge >= 0.3 is 0 Å². The highest BCUT2D eigenvalue weighted by molar-refractivity contribution is 5.43. The quantitative estimate of drug-likeness (QED) is 0.569. The van der Waals surface area contributed by atoms with E-state index in [0.29, 0.717) is 6.04 Å². The van der Waals surface area contributed by atoms with Gasteiger partial charge in [-0.1, -0.05) is 19.4 Å². The van der Waals surface area contributed by atoms with Crippen molar-refractivity contribution < 1.29 is 4.74 Å². The highest BCUT2D eigenvalue weighted by Gasteiger charge is 2.07. The van der Waals surface area contributed by atoms with E-state index < -0.39 is 0 Å². The predicted molar refractivity (Wildman–Crippen MR) is 78.0 cm³/mol. The fourth-order valence-corrected chi connectivity index (χ4v) is 1.97. The molecule has 0 radical (unpaired) electrons. The highest BCUT2D eigenvalue weighted by atomic mass is 16.5. The maximum absolute atomic E-state index is 5.70. The van der Waals surface area contributed by atoms with Gasteiger partial charge in [-0.2, -0.15) is 0 Å². The lowest BCUT2D eigenvalue weighted by Gasteiger charge is -2.24. The van der Waals surface area contributed by atoms with Gasteiger partial charge in [-0.25, -0.2) is 0 Å². The predicted octanol–water partition coefficient (Wildman–Crippen LogP) is 3.16. The van der Waals surface area contributed by atoms with E-state index in [1.807, 2.05) is 24.3 Å². The van der Waals surface area contributed by atoms with Crippen molar-refractivity contribution in [2.24, 2.45) is 0 Å². The first-order valence-corrected chi connectivity index (χ1v) is 6.82. The summed E-state index contributed by atoms with van der Waals surface area (Å²) in [7, 11) is 2.18. The van der Waals surface area contributed by atoms with Crippen molar-refractivity contribution in [1.29, 1.82) is 0 Å². The first-order chi connectivity index (χ1) is 8.63. The van der Waals surface area contributed by atoms with Gasteiger partial charge in [0, 0.05) is 24.3 Å². The molecule has 0 saturated carbocycles. The van der Waals surface area contributed by atoms with Crippen LogP contribution >= 0.6 is 0 Å². The zero-order valence-electron chi connectivity index (χ0n) is 11.9. The van der Waals surface area contributed by atoms with Crippen molar-refractivity contribution in [3.63, 3.8) is 0 Å². The van der Waals surface area contributed by atoms with Gasteiger partial charge in [0.25, 0.3) is 0 Å². The summed E-state index contributed by atoms with van der Waals surface area (Å²) in [5, 5.41) is 0. The molecule has 0 aliphatic carbocycles. The van der Waals surface area contributed by atoms with Crippen LogP contribution in [0, 0.1) is 0 Å². The lowest BCUT2D eigenvalue weighted by molar-refractivity contribution is 0.216. The molecule has 0 saturated heterocycles. The monoisotopic (exact) mass is 250 g/mol. The summed E-state index contributed by atoms with van der Waals surface area (Å²) >= 11 is 0. The normalized spacial score (nSPS) is 12.7. The molecule has 1 aromatic carbocycles. The zero-order chi connectivity index (χ0) is 13.4. The SMILES string of the molecule is CCCC(C)N(C)CCCOc1cccc(N)c1. The van der Waals surface area contributed by atoms with Crippen LogP contribution in [-0.4, -0.2) is 31.1 Å². The van der Waals surface area contributed by atoms with Crippen molar-refractivity contribution in [3.8, 4) is 5.75 Å². The summed E-state index contributed by atoms with van der Waals surface area (Å²) in [6, 6.07) is 8.25. The summed E-state index contributed by atoms with van der Waals surface area (Å²) in [6.07, 6.45) is 3.54. The van der Waals surface area contributed by atoms with E-state index in [2.05, 4.69) is 25.8 Å². The molecule has 1 rings (SSSR count). The molecular formula is C15H26N2O. The average molecular weight is 250 g/mol. The minimum atomic E-state index is 0.655. The van der Waals surface area contributed by atoms with Crippen LogP contribution in [0.2, 0.25) is 0 Å². The first kappa shape index (κ1) is 14.8. The molecular weight excluding hydrogens is 224 g/mol. The zero-order valence-corrected chi connectivity index (χ0v) is 11.9. The second-order valence-electron chi connectivity index (χ2n) is 4.89. The maximum atomic E-state index is 5.70. The molecule has 0 aliphatic rings. The third kappa shape index (κ3) is 5.41. The van der Waals surface area contributed by atoms with E-state index in [9.17, 15) is 0 Å². The molecule has 0 aliphatic heterocycles. The third-order valence-corrected chi connectivity index (χ3v) is 3.24. The van der Waals surface area contributed by atoms with Crippen LogP contribution in [0.15, 0.2) is 24.3 Å². The second-order valence-corrected chi connectivity index (χ2v) is 4.89. The van der Waals surface area contributed by atoms with Crippen molar-refractivity contribution in [2.75, 3.05) is 25.9 Å². The van der Waals surface area contributed by atoms with Gasteiger partial charge in [-0.05, 0) is 38.9 Å². The van der Waals surface area contributed by atoms with Gasteiger partial charge in [0.2, 0.25) is 0 Å². The number of nitrogen functional groups attached to an aromatic ring is 1. The van der Waals surface area contributed by atoms with Crippen molar-refractivity contribution in [3.05, 3.63) is 24.3 Å². The molecule has 102 valence electrons. The molecule has 18 heavy (non-hydrogen) atoms. The molecule has 1 atom stereocenters. The van der Waals surface area contributed by atoms with Crippen molar-refractivity contribution >= 4 is 5.69 Å². The number of hydrogen-bond donors (Lipinski definition) is 1. The summed E-state index contributed by atoms with van der Waals surface area (Å²) < 4.78 is 5.67. The fourth-order valence-electron chi connectivity index (χ4n) is 1.97. The van der Waals surface area contributed by atoms with Crippen LogP contribution in [-0.2, 0) is 0 Å². The van der Waals surface area contributed by atoms with E-state index in [1.54, 1.807) is 0 Å². The van der Waals surface area contributed by atoms with Crippen LogP contribution in [0.4, 0.5) is 5.69 Å². The molecule has 3 heteroatoms. The smallest absolute Gasteiger partial charge is 0.121 e. The number of nitrogens with zero attached hydrogens (tertiary/aromatic N) is 1. The van der Waals surface area contributed by atoms with E-state index >= 15 is 0 Å². The summed E-state index contributed by atoms with van der Waals surface area (Å²) in [5.41, 5.74) is 6.45. The first-order valence-electron chi connectivity index (χ1n) is 6.82. The van der Waals surface area contributed by atoms with E-state index in [1.165, 1.54) is 12.8 Å². The Balaban J connectivity index is 2.18. The Labute approximate surface area is 111 Å². The molecule has 0 fully saturated rings. The topological polar surface area (TPSA) is 38.5 Å². The Kier molecular flexibility index (Phi) is 6.58. The van der Waals surface area contributed by atoms with Crippen LogP contribution < -0.4 is 10.5 Å². The minimum absolute atomic E-state index is 0.655. The number of benzene rings is 1. The summed E-state index contributed by atoms with van der Waals surface area (Å²) in [6.45, 7) is 6.33. The molecule has 0 spiro atoms. The number of ether oxygens (including phenoxy) is 1. The van der Waals surface area contributed by atoms with E-state index in [0.717, 1.165) is 31.0 Å². The Morgan fingerprint density at radius 1 is 1.39 bits per heavy atom. The van der Waals surface area contributed by atoms with Gasteiger partial charge in [-0.3, -0.25) is 0 Å². The molecule has 0 bridgehead atoms. The number of hydrogen-bond acceptors (Lipinski definition) is 3. The fraction of sp³-hybridized carbons (Fsp3) is 0.600. The molecule has 1 unspecified atom stereocenters. The maximum Gasteiger partial charge on any atom is 0.121 e. The number of rotatable bonds is 8. The minimum Gasteiger partial charge on any atom is -0.493 e. The Hall–Kier alpha value is -1.22. The highest BCUT2D eigenvalue weighted by Crippen LogP contribution is 2.14. The Morgan fingerprint density at radius 3 is 2.83 bits per heavy atom. The molecule has 3 nitrogen and oxygen atoms in total. The molecule has 0 aromatic heterocycles. The molecule has 0 heterocycles. The van der Waals surface area contributed by atoms with Crippen LogP contribution in [0.3, 0.4) is 0 Å². The number of anilines is 1. The lowest BCUT2D eigenvalue weighted by Crippen LogP contribution is -2.30. The summed E-state index contributed by atoms with van der Waals surface area (Å²) in [5.74, 6) is 0.860. The Bertz CT molecular complexity index is 341. The molecule has 2 N–H and O–H groups in total. The lowest BCUT2D eigenvalue weighted by atomic mass is 10.2. The molecule has 0 amide bonds. The van der Waals surface area contributed by atoms with Gasteiger partial charge in [-0.15, -0.1) is 0 Å². The average Bonchev–Trinajstić information content (AvgIpc) is 2.35. The van der Waals surface area contributed by atoms with E-state index in [4.69, 9.17) is 10.5 Å². The third-order valence-electron chi connectivity index (χ3n) is 3.24. The van der Waals surface area contributed by atoms with Crippen molar-refractivity contribution in [2.45, 2.75) is 39.2 Å². The van der Waals surface area contributed by atoms with Crippen molar-refractivity contribution in [1.82, 2.24) is 4.90 Å². The Morgan fingerprint density at radius 2 is 2.17 bits per heavy atom.